The maximum absolute atomic E-state index is 11.4. The molecule has 17 heavy (non-hydrogen) atoms. The van der Waals surface area contributed by atoms with Crippen molar-refractivity contribution >= 4 is 5.91 Å². The summed E-state index contributed by atoms with van der Waals surface area (Å²) in [6, 6.07) is 0. The average Bonchev–Trinajstić information content (AvgIpc) is 2.27. The van der Waals surface area contributed by atoms with Gasteiger partial charge in [-0.05, 0) is 36.7 Å². The van der Waals surface area contributed by atoms with Crippen LogP contribution in [0.3, 0.4) is 0 Å². The molecule has 1 amide bonds. The van der Waals surface area contributed by atoms with Crippen molar-refractivity contribution in [1.82, 2.24) is 4.90 Å². The van der Waals surface area contributed by atoms with E-state index in [1.54, 1.807) is 0 Å². The van der Waals surface area contributed by atoms with Crippen LogP contribution in [-0.4, -0.2) is 23.9 Å². The van der Waals surface area contributed by atoms with Crippen molar-refractivity contribution in [3.63, 3.8) is 0 Å². The third-order valence-electron chi connectivity index (χ3n) is 3.64. The molecule has 2 heteroatoms. The van der Waals surface area contributed by atoms with Crippen molar-refractivity contribution in [3.05, 3.63) is 12.7 Å². The van der Waals surface area contributed by atoms with Crippen molar-refractivity contribution in [3.8, 4) is 0 Å². The smallest absolute Gasteiger partial charge is 0.245 e. The van der Waals surface area contributed by atoms with Crippen LogP contribution in [0.1, 0.15) is 52.9 Å². The van der Waals surface area contributed by atoms with E-state index in [1.807, 2.05) is 4.90 Å². The zero-order chi connectivity index (χ0) is 12.9. The molecule has 2 nitrogen and oxygen atoms in total. The van der Waals surface area contributed by atoms with Gasteiger partial charge in [-0.25, -0.2) is 0 Å². The Labute approximate surface area is 106 Å². The van der Waals surface area contributed by atoms with Gasteiger partial charge in [0.2, 0.25) is 5.91 Å². The first-order valence-corrected chi connectivity index (χ1v) is 6.84. The Hall–Kier alpha value is -0.790. The monoisotopic (exact) mass is 237 g/mol. The van der Waals surface area contributed by atoms with E-state index in [-0.39, 0.29) is 5.91 Å². The van der Waals surface area contributed by atoms with Crippen molar-refractivity contribution in [2.75, 3.05) is 13.1 Å². The molecule has 1 aliphatic rings. The lowest BCUT2D eigenvalue weighted by atomic mass is 9.85. The van der Waals surface area contributed by atoms with E-state index in [0.717, 1.165) is 19.0 Å². The third-order valence-corrected chi connectivity index (χ3v) is 3.64. The molecule has 0 atom stereocenters. The molecule has 0 N–H and O–H groups in total. The van der Waals surface area contributed by atoms with Crippen molar-refractivity contribution < 1.29 is 4.79 Å². The minimum atomic E-state index is 0.0955. The Morgan fingerprint density at radius 2 is 1.94 bits per heavy atom. The van der Waals surface area contributed by atoms with E-state index in [0.29, 0.717) is 5.41 Å². The number of hydrogen-bond acceptors (Lipinski definition) is 1. The highest BCUT2D eigenvalue weighted by Crippen LogP contribution is 2.27. The lowest BCUT2D eigenvalue weighted by Gasteiger charge is -2.31. The molecule has 0 bridgehead atoms. The molecule has 0 aromatic rings. The zero-order valence-electron chi connectivity index (χ0n) is 11.7. The quantitative estimate of drug-likeness (QED) is 0.684. The van der Waals surface area contributed by atoms with E-state index < -0.39 is 0 Å². The second kappa shape index (κ2) is 6.23. The SMILES string of the molecule is C=CC(=O)N1CCC(CCCC(C)(C)C)CC1. The van der Waals surface area contributed by atoms with E-state index in [1.165, 1.54) is 38.2 Å². The largest absolute Gasteiger partial charge is 0.339 e. The molecule has 1 saturated heterocycles. The molecule has 1 heterocycles. The molecule has 98 valence electrons. The Morgan fingerprint density at radius 3 is 2.41 bits per heavy atom. The van der Waals surface area contributed by atoms with Crippen LogP contribution in [0.4, 0.5) is 0 Å². The van der Waals surface area contributed by atoms with Gasteiger partial charge < -0.3 is 4.90 Å². The average molecular weight is 237 g/mol. The highest BCUT2D eigenvalue weighted by atomic mass is 16.2. The maximum atomic E-state index is 11.4. The van der Waals surface area contributed by atoms with E-state index in [4.69, 9.17) is 0 Å². The molecular formula is C15H27NO. The van der Waals surface area contributed by atoms with Gasteiger partial charge in [0, 0.05) is 13.1 Å². The standard InChI is InChI=1S/C15H27NO/c1-5-14(17)16-11-8-13(9-12-16)7-6-10-15(2,3)4/h5,13H,1,6-12H2,2-4H3. The molecule has 0 aromatic heterocycles. The highest BCUT2D eigenvalue weighted by molar-refractivity contribution is 5.87. The summed E-state index contributed by atoms with van der Waals surface area (Å²) in [6.07, 6.45) is 7.73. The van der Waals surface area contributed by atoms with Gasteiger partial charge in [-0.15, -0.1) is 0 Å². The van der Waals surface area contributed by atoms with E-state index in [9.17, 15) is 4.79 Å². The van der Waals surface area contributed by atoms with Crippen LogP contribution in [0.2, 0.25) is 0 Å². The normalized spacial score (nSPS) is 18.2. The summed E-state index contributed by atoms with van der Waals surface area (Å²) >= 11 is 0. The molecule has 0 unspecified atom stereocenters. The predicted octanol–water partition coefficient (Wildman–Crippen LogP) is 3.63. The highest BCUT2D eigenvalue weighted by Gasteiger charge is 2.21. The molecule has 1 fully saturated rings. The van der Waals surface area contributed by atoms with Gasteiger partial charge in [-0.3, -0.25) is 4.79 Å². The summed E-state index contributed by atoms with van der Waals surface area (Å²) in [5.41, 5.74) is 0.458. The number of nitrogens with zero attached hydrogens (tertiary/aromatic N) is 1. The molecule has 0 aliphatic carbocycles. The number of piperidine rings is 1. The molecule has 1 aliphatic heterocycles. The van der Waals surface area contributed by atoms with Crippen LogP contribution in [0.15, 0.2) is 12.7 Å². The van der Waals surface area contributed by atoms with Crippen molar-refractivity contribution in [2.45, 2.75) is 52.9 Å². The number of hydrogen-bond donors (Lipinski definition) is 0. The fourth-order valence-electron chi connectivity index (χ4n) is 2.49. The summed E-state index contributed by atoms with van der Waals surface area (Å²) < 4.78 is 0. The zero-order valence-corrected chi connectivity index (χ0v) is 11.7. The first-order valence-electron chi connectivity index (χ1n) is 6.84. The number of carbonyl (C=O) groups excluding carboxylic acids is 1. The first-order chi connectivity index (χ1) is 7.92. The van der Waals surface area contributed by atoms with Gasteiger partial charge in [-0.2, -0.15) is 0 Å². The van der Waals surface area contributed by atoms with E-state index in [2.05, 4.69) is 27.4 Å². The third kappa shape index (κ3) is 5.38. The van der Waals surface area contributed by atoms with E-state index >= 15 is 0 Å². The molecule has 0 spiro atoms. The first kappa shape index (κ1) is 14.3. The minimum Gasteiger partial charge on any atom is -0.339 e. The van der Waals surface area contributed by atoms with Crippen molar-refractivity contribution in [1.29, 1.82) is 0 Å². The van der Waals surface area contributed by atoms with Gasteiger partial charge in [0.1, 0.15) is 0 Å². The van der Waals surface area contributed by atoms with Gasteiger partial charge in [0.25, 0.3) is 0 Å². The number of rotatable bonds is 4. The lowest BCUT2D eigenvalue weighted by molar-refractivity contribution is -0.127. The molecule has 0 saturated carbocycles. The Kier molecular flexibility index (Phi) is 5.23. The van der Waals surface area contributed by atoms with Gasteiger partial charge in [0.05, 0.1) is 0 Å². The van der Waals surface area contributed by atoms with Crippen LogP contribution < -0.4 is 0 Å². The van der Waals surface area contributed by atoms with Gasteiger partial charge in [0.15, 0.2) is 0 Å². The van der Waals surface area contributed by atoms with Crippen LogP contribution in [-0.2, 0) is 4.79 Å². The number of amides is 1. The summed E-state index contributed by atoms with van der Waals surface area (Å²) in [4.78, 5) is 13.4. The minimum absolute atomic E-state index is 0.0955. The Bertz CT molecular complexity index is 257. The number of carbonyl (C=O) groups is 1. The van der Waals surface area contributed by atoms with Crippen LogP contribution >= 0.6 is 0 Å². The van der Waals surface area contributed by atoms with Crippen LogP contribution in [0.25, 0.3) is 0 Å². The van der Waals surface area contributed by atoms with Gasteiger partial charge in [-0.1, -0.05) is 40.2 Å². The fraction of sp³-hybridized carbons (Fsp3) is 0.800. The summed E-state index contributed by atoms with van der Waals surface area (Å²) in [7, 11) is 0. The maximum Gasteiger partial charge on any atom is 0.245 e. The summed E-state index contributed by atoms with van der Waals surface area (Å²) in [5.74, 6) is 0.921. The molecular weight excluding hydrogens is 210 g/mol. The Balaban J connectivity index is 2.19. The molecule has 1 rings (SSSR count). The molecule has 0 radical (unpaired) electrons. The topological polar surface area (TPSA) is 20.3 Å². The van der Waals surface area contributed by atoms with Crippen LogP contribution in [0, 0.1) is 11.3 Å². The predicted molar refractivity (Wildman–Crippen MR) is 72.8 cm³/mol. The van der Waals surface area contributed by atoms with Gasteiger partial charge >= 0.3 is 0 Å². The lowest BCUT2D eigenvalue weighted by Crippen LogP contribution is -2.37. The second-order valence-electron chi connectivity index (χ2n) is 6.43. The number of likely N-dealkylation sites (tertiary alicyclic amines) is 1. The summed E-state index contributed by atoms with van der Waals surface area (Å²) in [5, 5.41) is 0. The Morgan fingerprint density at radius 1 is 1.35 bits per heavy atom. The fourth-order valence-corrected chi connectivity index (χ4v) is 2.49. The summed E-state index contributed by atoms with van der Waals surface area (Å²) in [6.45, 7) is 12.3. The van der Waals surface area contributed by atoms with Crippen molar-refractivity contribution in [2.24, 2.45) is 11.3 Å². The van der Waals surface area contributed by atoms with Crippen LogP contribution in [0.5, 0.6) is 0 Å². The molecule has 0 aromatic carbocycles. The second-order valence-corrected chi connectivity index (χ2v) is 6.43.